The Morgan fingerprint density at radius 1 is 1.07 bits per heavy atom. The molecule has 0 aromatic heterocycles. The minimum Gasteiger partial charge on any atom is -0.491 e. The van der Waals surface area contributed by atoms with Crippen molar-refractivity contribution >= 4 is 61.0 Å². The average Bonchev–Trinajstić information content (AvgIpc) is 2.65. The Morgan fingerprint density at radius 3 is 2.38 bits per heavy atom. The summed E-state index contributed by atoms with van der Waals surface area (Å²) in [7, 11) is 0. The molecule has 0 aliphatic heterocycles. The molecule has 2 aromatic carbocycles. The fourth-order valence-electron chi connectivity index (χ4n) is 2.06. The Bertz CT molecular complexity index is 892. The standard InChI is InChI=1S/C19H19Br2N3O4S/c1-11(2)28-14-6-3-12(4-7-14)18(26)22-19(29)24-23-17(25)10-27-16-8-5-13(20)9-15(16)21/h3-9,11H,10H2,1-2H3,(H,23,25)(H2,22,24,26,29). The monoisotopic (exact) mass is 543 g/mol. The van der Waals surface area contributed by atoms with Crippen molar-refractivity contribution in [2.24, 2.45) is 0 Å². The summed E-state index contributed by atoms with van der Waals surface area (Å²) in [6.07, 6.45) is 0.0453. The van der Waals surface area contributed by atoms with Crippen LogP contribution >= 0.6 is 44.1 Å². The second-order valence-corrected chi connectivity index (χ2v) is 8.19. The minimum atomic E-state index is -0.466. The van der Waals surface area contributed by atoms with Gasteiger partial charge in [-0.15, -0.1) is 0 Å². The second-order valence-electron chi connectivity index (χ2n) is 6.01. The van der Waals surface area contributed by atoms with Crippen molar-refractivity contribution in [3.05, 3.63) is 57.0 Å². The summed E-state index contributed by atoms with van der Waals surface area (Å²) in [6.45, 7) is 3.60. The van der Waals surface area contributed by atoms with Gasteiger partial charge in [0.25, 0.3) is 11.8 Å². The van der Waals surface area contributed by atoms with Crippen LogP contribution in [0.4, 0.5) is 0 Å². The summed E-state index contributed by atoms with van der Waals surface area (Å²) >= 11 is 11.7. The Balaban J connectivity index is 1.75. The fraction of sp³-hybridized carbons (Fsp3) is 0.211. The van der Waals surface area contributed by atoms with E-state index in [1.165, 1.54) is 0 Å². The summed E-state index contributed by atoms with van der Waals surface area (Å²) in [5.41, 5.74) is 5.22. The maximum Gasteiger partial charge on any atom is 0.276 e. The first-order valence-electron chi connectivity index (χ1n) is 8.49. The molecule has 0 aliphatic carbocycles. The van der Waals surface area contributed by atoms with E-state index in [0.29, 0.717) is 21.5 Å². The molecule has 2 amide bonds. The number of nitrogens with one attached hydrogen (secondary N) is 3. The number of carbonyl (C=O) groups is 2. The Labute approximate surface area is 190 Å². The van der Waals surface area contributed by atoms with Gasteiger partial charge in [-0.3, -0.25) is 25.8 Å². The van der Waals surface area contributed by atoms with Crippen LogP contribution in [0, 0.1) is 0 Å². The van der Waals surface area contributed by atoms with Gasteiger partial charge in [0, 0.05) is 10.0 Å². The molecule has 0 atom stereocenters. The van der Waals surface area contributed by atoms with Crippen LogP contribution in [-0.4, -0.2) is 29.6 Å². The van der Waals surface area contributed by atoms with E-state index in [1.54, 1.807) is 42.5 Å². The van der Waals surface area contributed by atoms with Crippen LogP contribution in [0.25, 0.3) is 0 Å². The second kappa shape index (κ2) is 11.1. The summed E-state index contributed by atoms with van der Waals surface area (Å²) in [6, 6.07) is 12.0. The summed E-state index contributed by atoms with van der Waals surface area (Å²) in [5, 5.41) is 2.43. The summed E-state index contributed by atoms with van der Waals surface area (Å²) in [4.78, 5) is 24.1. The molecule has 7 nitrogen and oxygen atoms in total. The van der Waals surface area contributed by atoms with Crippen LogP contribution in [0.1, 0.15) is 24.2 Å². The lowest BCUT2D eigenvalue weighted by Gasteiger charge is -2.12. The van der Waals surface area contributed by atoms with E-state index in [2.05, 4.69) is 48.0 Å². The van der Waals surface area contributed by atoms with Crippen LogP contribution < -0.4 is 25.6 Å². The van der Waals surface area contributed by atoms with Gasteiger partial charge in [0.15, 0.2) is 11.7 Å². The van der Waals surface area contributed by atoms with Crippen LogP contribution in [0.3, 0.4) is 0 Å². The van der Waals surface area contributed by atoms with Crippen LogP contribution in [0.2, 0.25) is 0 Å². The van der Waals surface area contributed by atoms with Crippen LogP contribution in [0.5, 0.6) is 11.5 Å². The quantitative estimate of drug-likeness (QED) is 0.379. The third-order valence-corrected chi connectivity index (χ3v) is 4.60. The van der Waals surface area contributed by atoms with Crippen molar-refractivity contribution in [3.63, 3.8) is 0 Å². The normalized spacial score (nSPS) is 10.2. The van der Waals surface area contributed by atoms with Gasteiger partial charge < -0.3 is 9.47 Å². The number of benzene rings is 2. The zero-order valence-corrected chi connectivity index (χ0v) is 19.6. The predicted octanol–water partition coefficient (Wildman–Crippen LogP) is 3.71. The van der Waals surface area contributed by atoms with Crippen molar-refractivity contribution < 1.29 is 19.1 Å². The topological polar surface area (TPSA) is 88.7 Å². The summed E-state index contributed by atoms with van der Waals surface area (Å²) < 4.78 is 12.5. The lowest BCUT2D eigenvalue weighted by atomic mass is 10.2. The first-order valence-corrected chi connectivity index (χ1v) is 10.5. The van der Waals surface area contributed by atoms with Gasteiger partial charge in [-0.2, -0.15) is 0 Å². The molecule has 0 aliphatic rings. The Morgan fingerprint density at radius 2 is 1.76 bits per heavy atom. The highest BCUT2D eigenvalue weighted by Crippen LogP contribution is 2.28. The molecule has 0 saturated carbocycles. The van der Waals surface area contributed by atoms with Crippen molar-refractivity contribution in [3.8, 4) is 11.5 Å². The van der Waals surface area contributed by atoms with Crippen molar-refractivity contribution in [1.82, 2.24) is 16.2 Å². The van der Waals surface area contributed by atoms with E-state index in [1.807, 2.05) is 13.8 Å². The number of halogens is 2. The van der Waals surface area contributed by atoms with E-state index >= 15 is 0 Å². The smallest absolute Gasteiger partial charge is 0.276 e. The number of carbonyl (C=O) groups excluding carboxylic acids is 2. The third-order valence-electron chi connectivity index (χ3n) is 3.28. The Hall–Kier alpha value is -2.17. The van der Waals surface area contributed by atoms with Gasteiger partial charge in [-0.05, 0) is 84.5 Å². The molecule has 0 heterocycles. The van der Waals surface area contributed by atoms with Gasteiger partial charge in [0.1, 0.15) is 11.5 Å². The largest absolute Gasteiger partial charge is 0.491 e. The Kier molecular flexibility index (Phi) is 8.87. The van der Waals surface area contributed by atoms with Crippen molar-refractivity contribution in [2.75, 3.05) is 6.61 Å². The third kappa shape index (κ3) is 8.00. The molecule has 154 valence electrons. The van der Waals surface area contributed by atoms with Crippen molar-refractivity contribution in [1.29, 1.82) is 0 Å². The van der Waals surface area contributed by atoms with E-state index < -0.39 is 11.8 Å². The molecule has 2 aromatic rings. The molecule has 29 heavy (non-hydrogen) atoms. The van der Waals surface area contributed by atoms with Gasteiger partial charge >= 0.3 is 0 Å². The van der Waals surface area contributed by atoms with Crippen LogP contribution in [-0.2, 0) is 4.79 Å². The molecule has 10 heteroatoms. The molecule has 0 bridgehead atoms. The van der Waals surface area contributed by atoms with Crippen LogP contribution in [0.15, 0.2) is 51.4 Å². The van der Waals surface area contributed by atoms with Gasteiger partial charge in [0.05, 0.1) is 10.6 Å². The maximum absolute atomic E-state index is 12.2. The first-order chi connectivity index (χ1) is 13.7. The number of hydrogen-bond donors (Lipinski definition) is 3. The van der Waals surface area contributed by atoms with E-state index in [0.717, 1.165) is 4.47 Å². The number of hydrogen-bond acceptors (Lipinski definition) is 5. The average molecular weight is 545 g/mol. The van der Waals surface area contributed by atoms with E-state index in [9.17, 15) is 9.59 Å². The maximum atomic E-state index is 12.2. The van der Waals surface area contributed by atoms with Gasteiger partial charge in [-0.25, -0.2) is 0 Å². The zero-order chi connectivity index (χ0) is 21.4. The van der Waals surface area contributed by atoms with Gasteiger partial charge in [0.2, 0.25) is 0 Å². The zero-order valence-electron chi connectivity index (χ0n) is 15.6. The predicted molar refractivity (Wildman–Crippen MR) is 121 cm³/mol. The lowest BCUT2D eigenvalue weighted by Crippen LogP contribution is -2.49. The van der Waals surface area contributed by atoms with Gasteiger partial charge in [-0.1, -0.05) is 15.9 Å². The highest BCUT2D eigenvalue weighted by atomic mass is 79.9. The first kappa shape index (κ1) is 23.1. The number of rotatable bonds is 6. The highest BCUT2D eigenvalue weighted by molar-refractivity contribution is 9.11. The number of ether oxygens (including phenoxy) is 2. The molecule has 0 saturated heterocycles. The number of amides is 2. The molecular formula is C19H19Br2N3O4S. The number of hydrazine groups is 1. The number of thiocarbonyl (C=S) groups is 1. The minimum absolute atomic E-state index is 0.0453. The molecule has 2 rings (SSSR count). The highest BCUT2D eigenvalue weighted by Gasteiger charge is 2.10. The molecule has 0 fully saturated rings. The molecule has 0 spiro atoms. The molecule has 0 radical (unpaired) electrons. The molecule has 3 N–H and O–H groups in total. The van der Waals surface area contributed by atoms with Crippen molar-refractivity contribution in [2.45, 2.75) is 20.0 Å². The summed E-state index contributed by atoms with van der Waals surface area (Å²) in [5.74, 6) is 0.306. The van der Waals surface area contributed by atoms with E-state index in [4.69, 9.17) is 21.7 Å². The molecule has 0 unspecified atom stereocenters. The molecular weight excluding hydrogens is 526 g/mol. The fourth-order valence-corrected chi connectivity index (χ4v) is 3.37. The lowest BCUT2D eigenvalue weighted by molar-refractivity contribution is -0.123. The van der Waals surface area contributed by atoms with E-state index in [-0.39, 0.29) is 17.8 Å². The SMILES string of the molecule is CC(C)Oc1ccc(C(=O)NC(=S)NNC(=O)COc2ccc(Br)cc2Br)cc1.